The Labute approximate surface area is 156 Å². The van der Waals surface area contributed by atoms with Gasteiger partial charge in [-0.25, -0.2) is 4.79 Å². The minimum atomic E-state index is -0.411. The van der Waals surface area contributed by atoms with Crippen LogP contribution in [0, 0.1) is 0 Å². The van der Waals surface area contributed by atoms with Crippen molar-refractivity contribution < 1.29 is 14.3 Å². The Morgan fingerprint density at radius 1 is 1.20 bits per heavy atom. The molecule has 0 saturated carbocycles. The summed E-state index contributed by atoms with van der Waals surface area (Å²) in [4.78, 5) is 24.5. The molecule has 0 atom stereocenters. The highest BCUT2D eigenvalue weighted by Crippen LogP contribution is 2.31. The first-order chi connectivity index (χ1) is 12.2. The predicted molar refractivity (Wildman–Crippen MR) is 100 cm³/mol. The molecule has 128 valence electrons. The van der Waals surface area contributed by atoms with Crippen molar-refractivity contribution in [1.29, 1.82) is 0 Å². The monoisotopic (exact) mass is 391 g/mol. The average Bonchev–Trinajstić information content (AvgIpc) is 3.31. The second-order valence-electron chi connectivity index (χ2n) is 4.76. The number of ether oxygens (including phenoxy) is 1. The fourth-order valence-corrected chi connectivity index (χ4v) is 4.34. The van der Waals surface area contributed by atoms with Gasteiger partial charge in [0.05, 0.1) is 23.3 Å². The largest absolute Gasteiger partial charge is 0.465 e. The minimum Gasteiger partial charge on any atom is -0.465 e. The van der Waals surface area contributed by atoms with Gasteiger partial charge in [-0.1, -0.05) is 29.2 Å². The van der Waals surface area contributed by atoms with E-state index in [9.17, 15) is 9.59 Å². The molecule has 9 heteroatoms. The van der Waals surface area contributed by atoms with E-state index in [4.69, 9.17) is 0 Å². The van der Waals surface area contributed by atoms with Crippen molar-refractivity contribution in [2.45, 2.75) is 4.34 Å². The molecule has 0 unspecified atom stereocenters. The number of amides is 1. The van der Waals surface area contributed by atoms with Gasteiger partial charge in [0.15, 0.2) is 9.35 Å². The lowest BCUT2D eigenvalue weighted by Gasteiger charge is -2.05. The van der Waals surface area contributed by atoms with Crippen LogP contribution in [0.15, 0.2) is 46.1 Å². The Morgan fingerprint density at radius 2 is 2.00 bits per heavy atom. The molecule has 0 bridgehead atoms. The first-order valence-electron chi connectivity index (χ1n) is 7.14. The Hall–Kier alpha value is -2.23. The quantitative estimate of drug-likeness (QED) is 0.509. The average molecular weight is 391 g/mol. The molecule has 2 heterocycles. The maximum atomic E-state index is 12.0. The molecule has 1 N–H and O–H groups in total. The van der Waals surface area contributed by atoms with E-state index in [0.717, 1.165) is 14.2 Å². The Morgan fingerprint density at radius 3 is 2.68 bits per heavy atom. The van der Waals surface area contributed by atoms with Crippen molar-refractivity contribution in [3.63, 3.8) is 0 Å². The number of anilines is 1. The van der Waals surface area contributed by atoms with E-state index in [1.807, 2.05) is 17.5 Å². The van der Waals surface area contributed by atoms with Crippen LogP contribution in [0.4, 0.5) is 5.69 Å². The number of aromatic nitrogens is 2. The van der Waals surface area contributed by atoms with Crippen LogP contribution in [-0.4, -0.2) is 34.9 Å². The fraction of sp³-hybridized carbons (Fsp3) is 0.125. The summed E-state index contributed by atoms with van der Waals surface area (Å²) in [7, 11) is 1.33. The Kier molecular flexibility index (Phi) is 5.79. The van der Waals surface area contributed by atoms with Crippen LogP contribution < -0.4 is 5.32 Å². The molecule has 0 aliphatic rings. The van der Waals surface area contributed by atoms with Gasteiger partial charge in [0, 0.05) is 5.69 Å². The smallest absolute Gasteiger partial charge is 0.337 e. The van der Waals surface area contributed by atoms with Gasteiger partial charge >= 0.3 is 5.97 Å². The molecule has 0 fully saturated rings. The molecule has 0 aliphatic carbocycles. The van der Waals surface area contributed by atoms with Crippen LogP contribution in [-0.2, 0) is 9.53 Å². The van der Waals surface area contributed by atoms with Crippen molar-refractivity contribution in [1.82, 2.24) is 10.2 Å². The molecule has 0 aliphatic heterocycles. The molecule has 2 aromatic heterocycles. The van der Waals surface area contributed by atoms with Crippen LogP contribution in [0.1, 0.15) is 10.4 Å². The van der Waals surface area contributed by atoms with Crippen molar-refractivity contribution in [2.24, 2.45) is 0 Å². The number of thiophene rings is 1. The van der Waals surface area contributed by atoms with Crippen LogP contribution in [0.25, 0.3) is 9.88 Å². The van der Waals surface area contributed by atoms with E-state index < -0.39 is 5.97 Å². The van der Waals surface area contributed by atoms with E-state index in [-0.39, 0.29) is 11.7 Å². The molecule has 3 aromatic rings. The third-order valence-corrected chi connectivity index (χ3v) is 6.15. The first-order valence-corrected chi connectivity index (χ1v) is 9.82. The molecular weight excluding hydrogens is 378 g/mol. The number of hydrogen-bond acceptors (Lipinski definition) is 8. The van der Waals surface area contributed by atoms with Gasteiger partial charge in [-0.3, -0.25) is 4.79 Å². The summed E-state index contributed by atoms with van der Waals surface area (Å²) in [6, 6.07) is 10.5. The summed E-state index contributed by atoms with van der Waals surface area (Å²) in [6.45, 7) is 0. The highest BCUT2D eigenvalue weighted by molar-refractivity contribution is 8.01. The molecule has 0 spiro atoms. The number of methoxy groups -OCH3 is 1. The molecule has 0 saturated heterocycles. The van der Waals surface area contributed by atoms with Gasteiger partial charge in [-0.2, -0.15) is 0 Å². The van der Waals surface area contributed by atoms with Gasteiger partial charge in [-0.05, 0) is 35.7 Å². The standard InChI is InChI=1S/C16H13N3O3S3/c1-22-15(21)10-4-6-11(7-5-10)17-13(20)9-24-16-19-18-14(25-16)12-3-2-8-23-12/h2-8H,9H2,1H3,(H,17,20). The Bertz CT molecular complexity index is 860. The molecule has 3 rings (SSSR count). The van der Waals surface area contributed by atoms with Crippen molar-refractivity contribution in [3.05, 3.63) is 47.3 Å². The number of benzene rings is 1. The lowest BCUT2D eigenvalue weighted by Crippen LogP contribution is -2.14. The second-order valence-corrected chi connectivity index (χ2v) is 7.90. The van der Waals surface area contributed by atoms with Crippen LogP contribution >= 0.6 is 34.4 Å². The van der Waals surface area contributed by atoms with E-state index in [0.29, 0.717) is 11.3 Å². The number of carbonyl (C=O) groups excluding carboxylic acids is 2. The van der Waals surface area contributed by atoms with Gasteiger partial charge in [0.1, 0.15) is 0 Å². The first kappa shape index (κ1) is 17.6. The number of thioether (sulfide) groups is 1. The minimum absolute atomic E-state index is 0.149. The summed E-state index contributed by atoms with van der Waals surface area (Å²) in [5, 5.41) is 13.9. The zero-order valence-corrected chi connectivity index (χ0v) is 15.5. The Balaban J connectivity index is 1.52. The van der Waals surface area contributed by atoms with Gasteiger partial charge in [-0.15, -0.1) is 21.5 Å². The lowest BCUT2D eigenvalue weighted by molar-refractivity contribution is -0.113. The van der Waals surface area contributed by atoms with E-state index >= 15 is 0 Å². The summed E-state index contributed by atoms with van der Waals surface area (Å²) in [5.74, 6) is -0.326. The van der Waals surface area contributed by atoms with Crippen molar-refractivity contribution in [3.8, 4) is 9.88 Å². The molecule has 0 radical (unpaired) electrons. The summed E-state index contributed by atoms with van der Waals surface area (Å²) in [6.07, 6.45) is 0. The highest BCUT2D eigenvalue weighted by Gasteiger charge is 2.11. The summed E-state index contributed by atoms with van der Waals surface area (Å²) in [5.41, 5.74) is 1.06. The van der Waals surface area contributed by atoms with E-state index in [2.05, 4.69) is 20.3 Å². The highest BCUT2D eigenvalue weighted by atomic mass is 32.2. The predicted octanol–water partition coefficient (Wildman–Crippen LogP) is 3.78. The number of esters is 1. The molecule has 1 amide bonds. The van der Waals surface area contributed by atoms with Gasteiger partial charge in [0.2, 0.25) is 5.91 Å². The third kappa shape index (κ3) is 4.65. The second kappa shape index (κ2) is 8.24. The van der Waals surface area contributed by atoms with Crippen molar-refractivity contribution >= 4 is 52.0 Å². The number of carbonyl (C=O) groups is 2. The van der Waals surface area contributed by atoms with Gasteiger partial charge in [0.25, 0.3) is 0 Å². The SMILES string of the molecule is COC(=O)c1ccc(NC(=O)CSc2nnc(-c3cccs3)s2)cc1. The molecule has 25 heavy (non-hydrogen) atoms. The van der Waals surface area contributed by atoms with Crippen LogP contribution in [0.2, 0.25) is 0 Å². The number of nitrogens with one attached hydrogen (secondary N) is 1. The van der Waals surface area contributed by atoms with Crippen LogP contribution in [0.5, 0.6) is 0 Å². The van der Waals surface area contributed by atoms with Gasteiger partial charge < -0.3 is 10.1 Å². The van der Waals surface area contributed by atoms with Crippen LogP contribution in [0.3, 0.4) is 0 Å². The summed E-state index contributed by atoms with van der Waals surface area (Å²) >= 11 is 4.41. The zero-order valence-electron chi connectivity index (χ0n) is 13.1. The number of nitrogens with zero attached hydrogens (tertiary/aromatic N) is 2. The number of rotatable bonds is 6. The topological polar surface area (TPSA) is 81.2 Å². The fourth-order valence-electron chi connectivity index (χ4n) is 1.90. The summed E-state index contributed by atoms with van der Waals surface area (Å²) < 4.78 is 5.38. The lowest BCUT2D eigenvalue weighted by atomic mass is 10.2. The van der Waals surface area contributed by atoms with Crippen molar-refractivity contribution in [2.75, 3.05) is 18.2 Å². The molecular formula is C16H13N3O3S3. The van der Waals surface area contributed by atoms with E-state index in [1.165, 1.54) is 30.2 Å². The maximum absolute atomic E-state index is 12.0. The number of hydrogen-bond donors (Lipinski definition) is 1. The molecule has 1 aromatic carbocycles. The maximum Gasteiger partial charge on any atom is 0.337 e. The zero-order chi connectivity index (χ0) is 17.6. The van der Waals surface area contributed by atoms with E-state index in [1.54, 1.807) is 35.6 Å². The normalized spacial score (nSPS) is 10.4. The third-order valence-electron chi connectivity index (χ3n) is 3.05. The molecule has 6 nitrogen and oxygen atoms in total.